The predicted molar refractivity (Wildman–Crippen MR) is 96.4 cm³/mol. The molecule has 0 aromatic heterocycles. The third kappa shape index (κ3) is 5.62. The van der Waals surface area contributed by atoms with E-state index < -0.39 is 10.2 Å². The Kier molecular flexibility index (Phi) is 7.21. The molecule has 0 bridgehead atoms. The molecule has 146 valence electrons. The van der Waals surface area contributed by atoms with E-state index in [0.29, 0.717) is 45.8 Å². The van der Waals surface area contributed by atoms with Crippen LogP contribution in [0.25, 0.3) is 0 Å². The highest BCUT2D eigenvalue weighted by Crippen LogP contribution is 2.18. The number of amides is 1. The van der Waals surface area contributed by atoms with Gasteiger partial charge in [0, 0.05) is 45.3 Å². The number of hydrogen-bond donors (Lipinski definition) is 1. The van der Waals surface area contributed by atoms with Crippen LogP contribution in [0, 0.1) is 0 Å². The fourth-order valence-electron chi connectivity index (χ4n) is 3.23. The lowest BCUT2D eigenvalue weighted by molar-refractivity contribution is -0.123. The Morgan fingerprint density at radius 2 is 1.68 bits per heavy atom. The number of carbonyl (C=O) groups excluding carboxylic acids is 1. The van der Waals surface area contributed by atoms with Crippen molar-refractivity contribution >= 4 is 16.1 Å². The maximum atomic E-state index is 12.8. The topological polar surface area (TPSA) is 82.2 Å². The van der Waals surface area contributed by atoms with Crippen molar-refractivity contribution in [2.24, 2.45) is 0 Å². The van der Waals surface area contributed by atoms with Gasteiger partial charge in [0.2, 0.25) is 5.91 Å². The van der Waals surface area contributed by atoms with Crippen molar-refractivity contribution in [1.29, 1.82) is 0 Å². The van der Waals surface area contributed by atoms with Crippen molar-refractivity contribution in [3.8, 4) is 0 Å². The molecule has 2 aliphatic heterocycles. The highest BCUT2D eigenvalue weighted by molar-refractivity contribution is 7.86. The first-order valence-electron chi connectivity index (χ1n) is 9.14. The van der Waals surface area contributed by atoms with Crippen LogP contribution in [0.5, 0.6) is 0 Å². The predicted octanol–water partition coefficient (Wildman–Crippen LogP) is -0.127. The Morgan fingerprint density at radius 3 is 2.20 bits per heavy atom. The Morgan fingerprint density at radius 1 is 1.12 bits per heavy atom. The summed E-state index contributed by atoms with van der Waals surface area (Å²) >= 11 is 0. The molecule has 0 aromatic carbocycles. The quantitative estimate of drug-likeness (QED) is 0.698. The molecule has 2 saturated heterocycles. The van der Waals surface area contributed by atoms with E-state index in [9.17, 15) is 13.2 Å². The average molecular weight is 377 g/mol. The minimum absolute atomic E-state index is 0.00138. The smallest absolute Gasteiger partial charge is 0.282 e. The summed E-state index contributed by atoms with van der Waals surface area (Å²) in [6.45, 7) is 10.9. The van der Waals surface area contributed by atoms with E-state index in [2.05, 4.69) is 5.32 Å². The van der Waals surface area contributed by atoms with Gasteiger partial charge in [-0.05, 0) is 27.2 Å². The second kappa shape index (κ2) is 8.77. The molecule has 2 aliphatic rings. The molecule has 0 unspecified atom stereocenters. The van der Waals surface area contributed by atoms with Gasteiger partial charge in [-0.1, -0.05) is 6.92 Å². The Balaban J connectivity index is 1.85. The fraction of sp³-hybridized carbons (Fsp3) is 0.938. The summed E-state index contributed by atoms with van der Waals surface area (Å²) in [5, 5.41) is 2.95. The van der Waals surface area contributed by atoms with Crippen molar-refractivity contribution in [3.05, 3.63) is 0 Å². The Hall–Kier alpha value is -0.740. The van der Waals surface area contributed by atoms with Gasteiger partial charge in [-0.3, -0.25) is 9.69 Å². The molecule has 25 heavy (non-hydrogen) atoms. The Labute approximate surface area is 151 Å². The van der Waals surface area contributed by atoms with E-state index in [0.717, 1.165) is 6.42 Å². The van der Waals surface area contributed by atoms with Crippen LogP contribution in [0.1, 0.15) is 34.1 Å². The largest absolute Gasteiger partial charge is 0.373 e. The van der Waals surface area contributed by atoms with Crippen molar-refractivity contribution in [1.82, 2.24) is 18.8 Å². The number of nitrogens with one attached hydrogen (secondary N) is 1. The minimum Gasteiger partial charge on any atom is -0.373 e. The zero-order valence-electron chi connectivity index (χ0n) is 15.8. The van der Waals surface area contributed by atoms with Gasteiger partial charge in [-0.2, -0.15) is 17.0 Å². The van der Waals surface area contributed by atoms with Crippen molar-refractivity contribution in [3.63, 3.8) is 0 Å². The van der Waals surface area contributed by atoms with Gasteiger partial charge >= 0.3 is 0 Å². The molecule has 0 aliphatic carbocycles. The van der Waals surface area contributed by atoms with Crippen LogP contribution < -0.4 is 5.32 Å². The van der Waals surface area contributed by atoms with Crippen LogP contribution >= 0.6 is 0 Å². The van der Waals surface area contributed by atoms with Crippen LogP contribution in [0.15, 0.2) is 0 Å². The zero-order chi connectivity index (χ0) is 18.6. The minimum atomic E-state index is -3.47. The van der Waals surface area contributed by atoms with E-state index in [4.69, 9.17) is 4.74 Å². The molecule has 0 aromatic rings. The fourth-order valence-corrected chi connectivity index (χ4v) is 4.97. The lowest BCUT2D eigenvalue weighted by Gasteiger charge is -2.40. The summed E-state index contributed by atoms with van der Waals surface area (Å²) in [5.74, 6) is 0.00138. The van der Waals surface area contributed by atoms with Crippen LogP contribution in [0.2, 0.25) is 0 Å². The van der Waals surface area contributed by atoms with Crippen molar-refractivity contribution < 1.29 is 17.9 Å². The summed E-state index contributed by atoms with van der Waals surface area (Å²) in [6.07, 6.45) is 0.710. The van der Waals surface area contributed by atoms with Crippen molar-refractivity contribution in [2.45, 2.75) is 52.4 Å². The van der Waals surface area contributed by atoms with Crippen LogP contribution in [-0.2, 0) is 19.7 Å². The molecule has 0 saturated carbocycles. The zero-order valence-corrected chi connectivity index (χ0v) is 16.6. The number of hydrogen-bond acceptors (Lipinski definition) is 5. The van der Waals surface area contributed by atoms with Crippen LogP contribution in [0.3, 0.4) is 0 Å². The van der Waals surface area contributed by atoms with E-state index in [1.54, 1.807) is 0 Å². The van der Waals surface area contributed by atoms with E-state index in [1.807, 2.05) is 32.6 Å². The summed E-state index contributed by atoms with van der Waals surface area (Å²) in [5.41, 5.74) is 0. The lowest BCUT2D eigenvalue weighted by atomic mass is 10.2. The summed E-state index contributed by atoms with van der Waals surface area (Å²) in [4.78, 5) is 14.0. The van der Waals surface area contributed by atoms with Crippen LogP contribution in [0.4, 0.5) is 0 Å². The second-order valence-electron chi connectivity index (χ2n) is 7.13. The van der Waals surface area contributed by atoms with Crippen LogP contribution in [-0.4, -0.2) is 91.9 Å². The number of ether oxygens (including phenoxy) is 1. The average Bonchev–Trinajstić information content (AvgIpc) is 2.54. The molecule has 9 heteroatoms. The first kappa shape index (κ1) is 20.6. The van der Waals surface area contributed by atoms with Gasteiger partial charge in [0.1, 0.15) is 0 Å². The normalized spacial score (nSPS) is 28.6. The summed E-state index contributed by atoms with van der Waals surface area (Å²) in [7, 11) is -3.47. The number of carbonyl (C=O) groups is 1. The molecule has 0 spiro atoms. The maximum absolute atomic E-state index is 12.8. The molecule has 2 heterocycles. The third-order valence-corrected chi connectivity index (χ3v) is 6.73. The second-order valence-corrected chi connectivity index (χ2v) is 9.06. The lowest BCUT2D eigenvalue weighted by Crippen LogP contribution is -2.57. The van der Waals surface area contributed by atoms with Gasteiger partial charge in [0.15, 0.2) is 0 Å². The molecule has 2 rings (SSSR count). The highest BCUT2D eigenvalue weighted by Gasteiger charge is 2.36. The summed E-state index contributed by atoms with van der Waals surface area (Å²) < 4.78 is 34.4. The van der Waals surface area contributed by atoms with Gasteiger partial charge in [0.05, 0.1) is 18.8 Å². The maximum Gasteiger partial charge on any atom is 0.282 e. The number of morpholine rings is 1. The van der Waals surface area contributed by atoms with Gasteiger partial charge in [0.25, 0.3) is 10.2 Å². The first-order chi connectivity index (χ1) is 11.7. The molecule has 3 atom stereocenters. The third-order valence-electron chi connectivity index (χ3n) is 4.76. The van der Waals surface area contributed by atoms with Gasteiger partial charge in [-0.15, -0.1) is 0 Å². The number of nitrogens with zero attached hydrogens (tertiary/aromatic N) is 3. The highest BCUT2D eigenvalue weighted by atomic mass is 32.2. The number of piperazine rings is 1. The number of rotatable bonds is 6. The van der Waals surface area contributed by atoms with E-state index >= 15 is 0 Å². The molecule has 8 nitrogen and oxygen atoms in total. The van der Waals surface area contributed by atoms with E-state index in [-0.39, 0.29) is 24.2 Å². The molecule has 1 N–H and O–H groups in total. The Bertz CT molecular complexity index is 538. The summed E-state index contributed by atoms with van der Waals surface area (Å²) in [6, 6.07) is 0.166. The SMILES string of the molecule is CC[C@H](C)NC(=O)CN1CCN(S(=O)(=O)N2C[C@H](C)O[C@@H](C)C2)CC1. The molecule has 2 fully saturated rings. The standard InChI is InChI=1S/C16H32N4O4S/c1-5-13(2)17-16(21)12-18-6-8-19(9-7-18)25(22,23)20-10-14(3)24-15(4)11-20/h13-15H,5-12H2,1-4H3,(H,17,21)/t13-,14-,15-/m0/s1. The van der Waals surface area contributed by atoms with Gasteiger partial charge < -0.3 is 10.1 Å². The molecular formula is C16H32N4O4S. The first-order valence-corrected chi connectivity index (χ1v) is 10.5. The van der Waals surface area contributed by atoms with Gasteiger partial charge in [-0.25, -0.2) is 0 Å². The molecule has 0 radical (unpaired) electrons. The molecule has 1 amide bonds. The monoisotopic (exact) mass is 376 g/mol. The van der Waals surface area contributed by atoms with E-state index in [1.165, 1.54) is 8.61 Å². The van der Waals surface area contributed by atoms with Crippen molar-refractivity contribution in [2.75, 3.05) is 45.8 Å². The molecular weight excluding hydrogens is 344 g/mol.